The van der Waals surface area contributed by atoms with Crippen LogP contribution in [0.5, 0.6) is 0 Å². The molecule has 228 valence electrons. The van der Waals surface area contributed by atoms with E-state index >= 15 is 0 Å². The fourth-order valence-corrected chi connectivity index (χ4v) is 8.01. The van der Waals surface area contributed by atoms with Gasteiger partial charge < -0.3 is 13.7 Å². The molecule has 0 saturated heterocycles. The van der Waals surface area contributed by atoms with Crippen molar-refractivity contribution in [3.05, 3.63) is 163 Å². The second kappa shape index (κ2) is 9.97. The standard InChI is InChI=1S/C45H31NO2/c1-45(2)37-17-7-3-12-30(37)31-24-22-28(26-38(31)45)46(29-23-25-34-33-14-5-9-19-40(33)48-43(34)27-29)39-18-8-4-13-32(39)35-16-11-21-42-44(35)36-15-6-10-20-41(36)47-42/h3-27H,1-2H3. The molecule has 10 rings (SSSR count). The van der Waals surface area contributed by atoms with E-state index in [0.29, 0.717) is 0 Å². The zero-order valence-electron chi connectivity index (χ0n) is 26.7. The molecule has 0 amide bonds. The van der Waals surface area contributed by atoms with Crippen LogP contribution in [0.2, 0.25) is 0 Å². The van der Waals surface area contributed by atoms with Crippen LogP contribution in [0.4, 0.5) is 17.1 Å². The fourth-order valence-electron chi connectivity index (χ4n) is 8.01. The van der Waals surface area contributed by atoms with Gasteiger partial charge in [-0.05, 0) is 76.3 Å². The fraction of sp³-hybridized carbons (Fsp3) is 0.0667. The summed E-state index contributed by atoms with van der Waals surface area (Å²) in [4.78, 5) is 2.39. The highest BCUT2D eigenvalue weighted by Gasteiger charge is 2.36. The van der Waals surface area contributed by atoms with Crippen LogP contribution in [0.15, 0.2) is 160 Å². The molecule has 0 unspecified atom stereocenters. The SMILES string of the molecule is CC1(C)c2ccccc2-c2ccc(N(c3ccc4c(c3)oc3ccccc34)c3ccccc3-c3cccc4oc5ccccc5c34)cc21. The summed E-state index contributed by atoms with van der Waals surface area (Å²) >= 11 is 0. The molecule has 48 heavy (non-hydrogen) atoms. The number of furan rings is 2. The Bertz CT molecular complexity index is 2730. The lowest BCUT2D eigenvalue weighted by atomic mass is 9.82. The van der Waals surface area contributed by atoms with Gasteiger partial charge in [0, 0.05) is 50.0 Å². The molecule has 2 heterocycles. The Hall–Kier alpha value is -6.06. The summed E-state index contributed by atoms with van der Waals surface area (Å²) < 4.78 is 12.8. The molecule has 1 aliphatic carbocycles. The minimum atomic E-state index is -0.128. The maximum Gasteiger partial charge on any atom is 0.137 e. The Labute approximate surface area is 278 Å². The molecule has 9 aromatic rings. The van der Waals surface area contributed by atoms with Crippen molar-refractivity contribution in [1.82, 2.24) is 0 Å². The Kier molecular flexibility index (Phi) is 5.63. The van der Waals surface area contributed by atoms with Crippen LogP contribution in [0.3, 0.4) is 0 Å². The van der Waals surface area contributed by atoms with Gasteiger partial charge in [0.1, 0.15) is 22.3 Å². The van der Waals surface area contributed by atoms with Gasteiger partial charge in [-0.3, -0.25) is 0 Å². The summed E-state index contributed by atoms with van der Waals surface area (Å²) in [5, 5.41) is 4.48. The van der Waals surface area contributed by atoms with Crippen molar-refractivity contribution in [2.24, 2.45) is 0 Å². The van der Waals surface area contributed by atoms with E-state index in [1.54, 1.807) is 0 Å². The van der Waals surface area contributed by atoms with Gasteiger partial charge in [-0.1, -0.05) is 111 Å². The van der Waals surface area contributed by atoms with Gasteiger partial charge in [-0.2, -0.15) is 0 Å². The predicted octanol–water partition coefficient (Wildman–Crippen LogP) is 12.9. The largest absolute Gasteiger partial charge is 0.456 e. The number of fused-ring (bicyclic) bond motifs is 9. The molecule has 0 radical (unpaired) electrons. The molecular formula is C45H31NO2. The first-order valence-corrected chi connectivity index (χ1v) is 16.5. The number of para-hydroxylation sites is 3. The normalized spacial score (nSPS) is 13.4. The number of rotatable bonds is 4. The summed E-state index contributed by atoms with van der Waals surface area (Å²) in [6.45, 7) is 4.68. The quantitative estimate of drug-likeness (QED) is 0.197. The number of hydrogen-bond donors (Lipinski definition) is 0. The third kappa shape index (κ3) is 3.82. The molecule has 0 fully saturated rings. The number of benzene rings is 7. The Morgan fingerprint density at radius 1 is 0.417 bits per heavy atom. The summed E-state index contributed by atoms with van der Waals surface area (Å²) in [5.74, 6) is 0. The van der Waals surface area contributed by atoms with E-state index < -0.39 is 0 Å². The second-order valence-corrected chi connectivity index (χ2v) is 13.3. The smallest absolute Gasteiger partial charge is 0.137 e. The highest BCUT2D eigenvalue weighted by atomic mass is 16.3. The summed E-state index contributed by atoms with van der Waals surface area (Å²) in [5.41, 5.74) is 14.2. The Balaban J connectivity index is 1.24. The maximum absolute atomic E-state index is 6.44. The van der Waals surface area contributed by atoms with Crippen LogP contribution >= 0.6 is 0 Å². The zero-order valence-corrected chi connectivity index (χ0v) is 26.7. The lowest BCUT2D eigenvalue weighted by Gasteiger charge is -2.30. The predicted molar refractivity (Wildman–Crippen MR) is 199 cm³/mol. The van der Waals surface area contributed by atoms with Gasteiger partial charge in [0.25, 0.3) is 0 Å². The van der Waals surface area contributed by atoms with Crippen molar-refractivity contribution in [2.45, 2.75) is 19.3 Å². The topological polar surface area (TPSA) is 29.5 Å². The third-order valence-electron chi connectivity index (χ3n) is 10.3. The third-order valence-corrected chi connectivity index (χ3v) is 10.3. The summed E-state index contributed by atoms with van der Waals surface area (Å²) in [6.07, 6.45) is 0. The van der Waals surface area contributed by atoms with E-state index in [0.717, 1.165) is 72.1 Å². The van der Waals surface area contributed by atoms with Gasteiger partial charge >= 0.3 is 0 Å². The highest BCUT2D eigenvalue weighted by molar-refractivity contribution is 6.14. The van der Waals surface area contributed by atoms with E-state index in [9.17, 15) is 0 Å². The van der Waals surface area contributed by atoms with E-state index in [4.69, 9.17) is 8.83 Å². The average molecular weight is 618 g/mol. The van der Waals surface area contributed by atoms with Crippen LogP contribution in [0.1, 0.15) is 25.0 Å². The molecule has 3 nitrogen and oxygen atoms in total. The van der Waals surface area contributed by atoms with Gasteiger partial charge in [-0.25, -0.2) is 0 Å². The highest BCUT2D eigenvalue weighted by Crippen LogP contribution is 2.52. The molecule has 0 bridgehead atoms. The Morgan fingerprint density at radius 2 is 1.00 bits per heavy atom. The van der Waals surface area contributed by atoms with Gasteiger partial charge in [-0.15, -0.1) is 0 Å². The van der Waals surface area contributed by atoms with Crippen LogP contribution < -0.4 is 4.90 Å². The maximum atomic E-state index is 6.44. The van der Waals surface area contributed by atoms with Crippen molar-refractivity contribution in [3.63, 3.8) is 0 Å². The second-order valence-electron chi connectivity index (χ2n) is 13.3. The van der Waals surface area contributed by atoms with E-state index in [-0.39, 0.29) is 5.41 Å². The molecule has 3 heteroatoms. The first kappa shape index (κ1) is 27.1. The molecule has 0 saturated carbocycles. The average Bonchev–Trinajstić information content (AvgIpc) is 3.76. The number of hydrogen-bond acceptors (Lipinski definition) is 3. The van der Waals surface area contributed by atoms with E-state index in [1.165, 1.54) is 22.3 Å². The van der Waals surface area contributed by atoms with Crippen molar-refractivity contribution >= 4 is 60.9 Å². The van der Waals surface area contributed by atoms with Crippen LogP contribution in [0, 0.1) is 0 Å². The molecule has 0 N–H and O–H groups in total. The van der Waals surface area contributed by atoms with Gasteiger partial charge in [0.15, 0.2) is 0 Å². The van der Waals surface area contributed by atoms with E-state index in [1.807, 2.05) is 24.3 Å². The Morgan fingerprint density at radius 3 is 1.88 bits per heavy atom. The zero-order chi connectivity index (χ0) is 32.0. The van der Waals surface area contributed by atoms with E-state index in [2.05, 4.69) is 146 Å². The van der Waals surface area contributed by atoms with Crippen molar-refractivity contribution in [1.29, 1.82) is 0 Å². The van der Waals surface area contributed by atoms with Gasteiger partial charge in [0.2, 0.25) is 0 Å². The first-order valence-electron chi connectivity index (χ1n) is 16.5. The van der Waals surface area contributed by atoms with Crippen LogP contribution in [-0.2, 0) is 5.41 Å². The molecule has 7 aromatic carbocycles. The lowest BCUT2D eigenvalue weighted by Crippen LogP contribution is -2.16. The number of anilines is 3. The van der Waals surface area contributed by atoms with Crippen molar-refractivity contribution in [3.8, 4) is 22.3 Å². The monoisotopic (exact) mass is 617 g/mol. The molecule has 2 aromatic heterocycles. The minimum Gasteiger partial charge on any atom is -0.456 e. The lowest BCUT2D eigenvalue weighted by molar-refractivity contribution is 0.660. The molecule has 1 aliphatic rings. The molecule has 0 spiro atoms. The molecule has 0 atom stereocenters. The van der Waals surface area contributed by atoms with Crippen molar-refractivity contribution in [2.75, 3.05) is 4.90 Å². The number of nitrogens with zero attached hydrogens (tertiary/aromatic N) is 1. The van der Waals surface area contributed by atoms with Crippen molar-refractivity contribution < 1.29 is 8.83 Å². The molecule has 0 aliphatic heterocycles. The van der Waals surface area contributed by atoms with Crippen LogP contribution in [-0.4, -0.2) is 0 Å². The summed E-state index contributed by atoms with van der Waals surface area (Å²) in [6, 6.07) is 54.1. The van der Waals surface area contributed by atoms with Crippen LogP contribution in [0.25, 0.3) is 66.1 Å². The first-order chi connectivity index (χ1) is 23.6. The van der Waals surface area contributed by atoms with Gasteiger partial charge in [0.05, 0.1) is 5.69 Å². The minimum absolute atomic E-state index is 0.128. The summed E-state index contributed by atoms with van der Waals surface area (Å²) in [7, 11) is 0. The molecular weight excluding hydrogens is 587 g/mol.